The van der Waals surface area contributed by atoms with E-state index >= 15 is 0 Å². The van der Waals surface area contributed by atoms with E-state index in [-0.39, 0.29) is 6.61 Å². The summed E-state index contributed by atoms with van der Waals surface area (Å²) in [6.07, 6.45) is 4.03. The number of aromatic nitrogens is 2. The van der Waals surface area contributed by atoms with Gasteiger partial charge in [0, 0.05) is 31.4 Å². The number of rotatable bonds is 6. The number of nitrogens with zero attached hydrogens (tertiary/aromatic N) is 3. The van der Waals surface area contributed by atoms with Crippen LogP contribution in [0.15, 0.2) is 48.2 Å². The summed E-state index contributed by atoms with van der Waals surface area (Å²) in [5.41, 5.74) is 2.91. The smallest absolute Gasteiger partial charge is 0.137 e. The first-order valence-electron chi connectivity index (χ1n) is 7.65. The third kappa shape index (κ3) is 3.44. The Morgan fingerprint density at radius 1 is 1.38 bits per heavy atom. The SMILES string of the molecule is COc1ccc(CNC2=C(CO)N(c3ccncn3)CC2)cc1Cl. The van der Waals surface area contributed by atoms with Crippen LogP contribution in [-0.2, 0) is 6.54 Å². The molecule has 2 heterocycles. The van der Waals surface area contributed by atoms with Gasteiger partial charge in [-0.1, -0.05) is 17.7 Å². The lowest BCUT2D eigenvalue weighted by Crippen LogP contribution is -2.23. The van der Waals surface area contributed by atoms with Gasteiger partial charge in [0.25, 0.3) is 0 Å². The van der Waals surface area contributed by atoms with Gasteiger partial charge < -0.3 is 20.1 Å². The number of hydrogen-bond donors (Lipinski definition) is 2. The second-order valence-corrected chi connectivity index (χ2v) is 5.78. The molecule has 0 amide bonds. The quantitative estimate of drug-likeness (QED) is 0.836. The molecule has 2 aromatic rings. The van der Waals surface area contributed by atoms with Crippen molar-refractivity contribution in [3.05, 3.63) is 58.8 Å². The fourth-order valence-corrected chi connectivity index (χ4v) is 3.04. The minimum Gasteiger partial charge on any atom is -0.495 e. The lowest BCUT2D eigenvalue weighted by Gasteiger charge is -2.19. The van der Waals surface area contributed by atoms with Gasteiger partial charge in [-0.15, -0.1) is 0 Å². The molecule has 0 saturated carbocycles. The van der Waals surface area contributed by atoms with Crippen molar-refractivity contribution in [1.29, 1.82) is 0 Å². The molecule has 0 saturated heterocycles. The number of hydrogen-bond acceptors (Lipinski definition) is 6. The largest absolute Gasteiger partial charge is 0.495 e. The van der Waals surface area contributed by atoms with Crippen LogP contribution in [0.25, 0.3) is 0 Å². The molecular formula is C17H19ClN4O2. The number of halogens is 1. The fourth-order valence-electron chi connectivity index (χ4n) is 2.76. The molecule has 1 aliphatic heterocycles. The Morgan fingerprint density at radius 3 is 2.92 bits per heavy atom. The highest BCUT2D eigenvalue weighted by molar-refractivity contribution is 6.32. The predicted molar refractivity (Wildman–Crippen MR) is 93.0 cm³/mol. The van der Waals surface area contributed by atoms with Crippen LogP contribution in [0.1, 0.15) is 12.0 Å². The van der Waals surface area contributed by atoms with Gasteiger partial charge in [-0.2, -0.15) is 0 Å². The molecule has 24 heavy (non-hydrogen) atoms. The van der Waals surface area contributed by atoms with Crippen molar-refractivity contribution in [2.45, 2.75) is 13.0 Å². The zero-order valence-electron chi connectivity index (χ0n) is 13.4. The van der Waals surface area contributed by atoms with Crippen LogP contribution in [0.3, 0.4) is 0 Å². The summed E-state index contributed by atoms with van der Waals surface area (Å²) in [5, 5.41) is 13.7. The van der Waals surface area contributed by atoms with Gasteiger partial charge >= 0.3 is 0 Å². The summed E-state index contributed by atoms with van der Waals surface area (Å²) in [6, 6.07) is 7.53. The van der Waals surface area contributed by atoms with E-state index in [9.17, 15) is 5.11 Å². The molecule has 1 aromatic carbocycles. The van der Waals surface area contributed by atoms with Gasteiger partial charge in [0.1, 0.15) is 17.9 Å². The number of nitrogens with one attached hydrogen (secondary N) is 1. The van der Waals surface area contributed by atoms with Crippen LogP contribution in [0.2, 0.25) is 5.02 Å². The Labute approximate surface area is 145 Å². The summed E-state index contributed by atoms with van der Waals surface area (Å²) in [5.74, 6) is 1.45. The maximum atomic E-state index is 9.76. The second kappa shape index (κ2) is 7.51. The topological polar surface area (TPSA) is 70.5 Å². The molecule has 1 aliphatic rings. The molecule has 0 aliphatic carbocycles. The molecule has 6 nitrogen and oxygen atoms in total. The van der Waals surface area contributed by atoms with Gasteiger partial charge in [-0.3, -0.25) is 0 Å². The third-order valence-corrected chi connectivity index (χ3v) is 4.27. The zero-order valence-corrected chi connectivity index (χ0v) is 14.1. The zero-order chi connectivity index (χ0) is 16.9. The van der Waals surface area contributed by atoms with Crippen molar-refractivity contribution in [2.24, 2.45) is 0 Å². The maximum absolute atomic E-state index is 9.76. The Hall–Kier alpha value is -2.31. The minimum atomic E-state index is -0.0459. The predicted octanol–water partition coefficient (Wildman–Crippen LogP) is 2.34. The number of aliphatic hydroxyl groups is 1. The van der Waals surface area contributed by atoms with Crippen molar-refractivity contribution < 1.29 is 9.84 Å². The van der Waals surface area contributed by atoms with Gasteiger partial charge in [0.05, 0.1) is 24.4 Å². The van der Waals surface area contributed by atoms with Crippen LogP contribution < -0.4 is 15.0 Å². The molecule has 7 heteroatoms. The van der Waals surface area contributed by atoms with Crippen molar-refractivity contribution in [1.82, 2.24) is 15.3 Å². The monoisotopic (exact) mass is 346 g/mol. The third-order valence-electron chi connectivity index (χ3n) is 3.97. The van der Waals surface area contributed by atoms with Gasteiger partial charge in [0.15, 0.2) is 0 Å². The van der Waals surface area contributed by atoms with Crippen LogP contribution in [0.5, 0.6) is 5.75 Å². The molecule has 0 radical (unpaired) electrons. The van der Waals surface area contributed by atoms with Crippen LogP contribution >= 0.6 is 11.6 Å². The van der Waals surface area contributed by atoms with E-state index in [0.717, 1.165) is 35.7 Å². The Kier molecular flexibility index (Phi) is 5.17. The van der Waals surface area contributed by atoms with E-state index in [1.807, 2.05) is 29.2 Å². The summed E-state index contributed by atoms with van der Waals surface area (Å²) < 4.78 is 5.16. The molecule has 0 unspecified atom stereocenters. The van der Waals surface area contributed by atoms with E-state index in [2.05, 4.69) is 15.3 Å². The number of ether oxygens (including phenoxy) is 1. The molecule has 2 N–H and O–H groups in total. The van der Waals surface area contributed by atoms with Gasteiger partial charge in [-0.25, -0.2) is 9.97 Å². The highest BCUT2D eigenvalue weighted by atomic mass is 35.5. The average Bonchev–Trinajstić information content (AvgIpc) is 3.03. The van der Waals surface area contributed by atoms with E-state index in [1.165, 1.54) is 6.33 Å². The summed E-state index contributed by atoms with van der Waals surface area (Å²) in [6.45, 7) is 1.36. The van der Waals surface area contributed by atoms with Crippen molar-refractivity contribution >= 4 is 17.4 Å². The Bertz CT molecular complexity index is 737. The van der Waals surface area contributed by atoms with Crippen LogP contribution in [0.4, 0.5) is 5.82 Å². The van der Waals surface area contributed by atoms with E-state index in [1.54, 1.807) is 13.3 Å². The molecule has 126 valence electrons. The van der Waals surface area contributed by atoms with Crippen LogP contribution in [-0.4, -0.2) is 35.3 Å². The maximum Gasteiger partial charge on any atom is 0.137 e. The highest BCUT2D eigenvalue weighted by Crippen LogP contribution is 2.27. The Morgan fingerprint density at radius 2 is 2.25 bits per heavy atom. The second-order valence-electron chi connectivity index (χ2n) is 5.38. The van der Waals surface area contributed by atoms with Gasteiger partial charge in [0.2, 0.25) is 0 Å². The number of aliphatic hydroxyl groups excluding tert-OH is 1. The summed E-state index contributed by atoms with van der Waals surface area (Å²) in [7, 11) is 1.59. The molecule has 0 spiro atoms. The molecular weight excluding hydrogens is 328 g/mol. The minimum absolute atomic E-state index is 0.0459. The lowest BCUT2D eigenvalue weighted by atomic mass is 10.2. The van der Waals surface area contributed by atoms with Crippen LogP contribution in [0, 0.1) is 0 Å². The van der Waals surface area contributed by atoms with E-state index in [0.29, 0.717) is 17.3 Å². The summed E-state index contributed by atoms with van der Waals surface area (Å²) >= 11 is 6.16. The molecule has 0 atom stereocenters. The first kappa shape index (κ1) is 16.5. The standard InChI is InChI=1S/C17H19ClN4O2/c1-24-16-3-2-12(8-13(16)18)9-20-14-5-7-22(15(14)10-23)17-4-6-19-11-21-17/h2-4,6,8,11,20,23H,5,7,9-10H2,1H3. The highest BCUT2D eigenvalue weighted by Gasteiger charge is 2.23. The molecule has 1 aromatic heterocycles. The van der Waals surface area contributed by atoms with Crippen molar-refractivity contribution in [3.63, 3.8) is 0 Å². The average molecular weight is 347 g/mol. The number of anilines is 1. The fraction of sp³-hybridized carbons (Fsp3) is 0.294. The number of benzene rings is 1. The van der Waals surface area contributed by atoms with Gasteiger partial charge in [-0.05, 0) is 23.8 Å². The van der Waals surface area contributed by atoms with Crippen molar-refractivity contribution in [2.75, 3.05) is 25.2 Å². The normalized spacial score (nSPS) is 14.2. The number of methoxy groups -OCH3 is 1. The molecule has 3 rings (SSSR count). The molecule has 0 fully saturated rings. The first-order chi connectivity index (χ1) is 11.7. The van der Waals surface area contributed by atoms with E-state index in [4.69, 9.17) is 16.3 Å². The van der Waals surface area contributed by atoms with E-state index < -0.39 is 0 Å². The first-order valence-corrected chi connectivity index (χ1v) is 8.03. The van der Waals surface area contributed by atoms with Crippen molar-refractivity contribution in [3.8, 4) is 5.75 Å². The summed E-state index contributed by atoms with van der Waals surface area (Å²) in [4.78, 5) is 10.2. The molecule has 0 bridgehead atoms. The Balaban J connectivity index is 1.73. The lowest BCUT2D eigenvalue weighted by molar-refractivity contribution is 0.327.